The average molecular weight is 298 g/mol. The number of rotatable bonds is 4. The van der Waals surface area contributed by atoms with Gasteiger partial charge in [-0.1, -0.05) is 24.3 Å². The highest BCUT2D eigenvalue weighted by molar-refractivity contribution is 7.15. The lowest BCUT2D eigenvalue weighted by atomic mass is 10.0. The number of fused-ring (bicyclic) bond motifs is 1. The summed E-state index contributed by atoms with van der Waals surface area (Å²) in [7, 11) is 0. The Hall–Kier alpha value is -1.78. The highest BCUT2D eigenvalue weighted by Gasteiger charge is 2.20. The van der Waals surface area contributed by atoms with Gasteiger partial charge in [0.05, 0.1) is 0 Å². The van der Waals surface area contributed by atoms with Crippen LogP contribution < -0.4 is 5.32 Å². The highest BCUT2D eigenvalue weighted by atomic mass is 32.1. The Labute approximate surface area is 126 Å². The molecule has 1 saturated carbocycles. The molecule has 2 nitrogen and oxygen atoms in total. The maximum atomic E-state index is 13.9. The second-order valence-electron chi connectivity index (χ2n) is 5.43. The summed E-state index contributed by atoms with van der Waals surface area (Å²) in [5.41, 5.74) is 1.01. The summed E-state index contributed by atoms with van der Waals surface area (Å²) in [6, 6.07) is 11.6. The number of hydrogen-bond acceptors (Lipinski definition) is 3. The lowest BCUT2D eigenvalue weighted by Gasteiger charge is -2.04. The van der Waals surface area contributed by atoms with Crippen molar-refractivity contribution in [3.63, 3.8) is 0 Å². The zero-order valence-electron chi connectivity index (χ0n) is 11.5. The van der Waals surface area contributed by atoms with E-state index >= 15 is 0 Å². The van der Waals surface area contributed by atoms with Crippen molar-refractivity contribution in [1.29, 1.82) is 0 Å². The van der Waals surface area contributed by atoms with E-state index in [2.05, 4.69) is 10.3 Å². The van der Waals surface area contributed by atoms with Crippen molar-refractivity contribution >= 4 is 22.1 Å². The molecule has 0 unspecified atom stereocenters. The molecule has 0 spiro atoms. The quantitative estimate of drug-likeness (QED) is 0.774. The first-order chi connectivity index (χ1) is 10.3. The molecular weight excluding hydrogens is 283 g/mol. The van der Waals surface area contributed by atoms with Gasteiger partial charge in [0, 0.05) is 34.6 Å². The van der Waals surface area contributed by atoms with Gasteiger partial charge >= 0.3 is 0 Å². The molecule has 0 amide bonds. The van der Waals surface area contributed by atoms with Crippen LogP contribution in [0.3, 0.4) is 0 Å². The van der Waals surface area contributed by atoms with Crippen LogP contribution in [-0.4, -0.2) is 11.0 Å². The van der Waals surface area contributed by atoms with Crippen LogP contribution in [0.5, 0.6) is 0 Å². The molecule has 21 heavy (non-hydrogen) atoms. The monoisotopic (exact) mass is 298 g/mol. The van der Waals surface area contributed by atoms with E-state index in [9.17, 15) is 4.39 Å². The third kappa shape index (κ3) is 2.57. The van der Waals surface area contributed by atoms with E-state index in [0.29, 0.717) is 11.4 Å². The minimum atomic E-state index is -0.179. The fourth-order valence-electron chi connectivity index (χ4n) is 2.49. The third-order valence-electron chi connectivity index (χ3n) is 3.80. The molecular formula is C17H15FN2S. The zero-order chi connectivity index (χ0) is 14.2. The number of thiazole rings is 1. The van der Waals surface area contributed by atoms with Crippen molar-refractivity contribution in [3.8, 4) is 10.6 Å². The summed E-state index contributed by atoms with van der Waals surface area (Å²) in [4.78, 5) is 5.75. The van der Waals surface area contributed by atoms with Crippen molar-refractivity contribution in [1.82, 2.24) is 10.3 Å². The molecule has 3 aromatic rings. The Balaban J connectivity index is 1.70. The minimum absolute atomic E-state index is 0.179. The van der Waals surface area contributed by atoms with Gasteiger partial charge in [-0.2, -0.15) is 0 Å². The molecule has 0 saturated heterocycles. The Morgan fingerprint density at radius 1 is 1.14 bits per heavy atom. The first-order valence-electron chi connectivity index (χ1n) is 7.17. The summed E-state index contributed by atoms with van der Waals surface area (Å²) in [6.07, 6.45) is 4.50. The van der Waals surface area contributed by atoms with Gasteiger partial charge in [0.2, 0.25) is 0 Å². The van der Waals surface area contributed by atoms with E-state index in [1.54, 1.807) is 11.3 Å². The third-order valence-corrected chi connectivity index (χ3v) is 4.83. The van der Waals surface area contributed by atoms with Gasteiger partial charge in [-0.3, -0.25) is 0 Å². The van der Waals surface area contributed by atoms with Crippen molar-refractivity contribution in [2.45, 2.75) is 25.4 Å². The van der Waals surface area contributed by atoms with Gasteiger partial charge in [-0.05, 0) is 30.4 Å². The highest BCUT2D eigenvalue weighted by Crippen LogP contribution is 2.33. The lowest BCUT2D eigenvalue weighted by molar-refractivity contribution is 0.640. The van der Waals surface area contributed by atoms with Crippen LogP contribution >= 0.6 is 11.3 Å². The SMILES string of the molecule is Fc1ccc(-c2ncc(CNC3CC3)s2)c2ccccc12. The summed E-state index contributed by atoms with van der Waals surface area (Å²) < 4.78 is 13.9. The molecule has 0 atom stereocenters. The first-order valence-corrected chi connectivity index (χ1v) is 7.98. The fourth-order valence-corrected chi connectivity index (χ4v) is 3.40. The smallest absolute Gasteiger partial charge is 0.131 e. The maximum Gasteiger partial charge on any atom is 0.131 e. The molecule has 1 heterocycles. The van der Waals surface area contributed by atoms with E-state index in [1.165, 1.54) is 23.8 Å². The molecule has 1 fully saturated rings. The Bertz CT molecular complexity index is 792. The molecule has 1 aromatic heterocycles. The van der Waals surface area contributed by atoms with Gasteiger partial charge < -0.3 is 5.32 Å². The van der Waals surface area contributed by atoms with Gasteiger partial charge in [-0.15, -0.1) is 11.3 Å². The van der Waals surface area contributed by atoms with Gasteiger partial charge in [0.15, 0.2) is 0 Å². The van der Waals surface area contributed by atoms with Gasteiger partial charge in [0.1, 0.15) is 10.8 Å². The van der Waals surface area contributed by atoms with Crippen LogP contribution in [0.25, 0.3) is 21.3 Å². The Kier molecular flexibility index (Phi) is 3.20. The topological polar surface area (TPSA) is 24.9 Å². The van der Waals surface area contributed by atoms with Crippen molar-refractivity contribution < 1.29 is 4.39 Å². The number of aromatic nitrogens is 1. The Morgan fingerprint density at radius 2 is 1.95 bits per heavy atom. The fraction of sp³-hybridized carbons (Fsp3) is 0.235. The van der Waals surface area contributed by atoms with Crippen LogP contribution in [0.2, 0.25) is 0 Å². The second kappa shape index (κ2) is 5.20. The summed E-state index contributed by atoms with van der Waals surface area (Å²) in [6.45, 7) is 0.876. The molecule has 0 aliphatic heterocycles. The van der Waals surface area contributed by atoms with E-state index in [4.69, 9.17) is 0 Å². The number of benzene rings is 2. The summed E-state index contributed by atoms with van der Waals surface area (Å²) in [5, 5.41) is 6.03. The average Bonchev–Trinajstić information content (AvgIpc) is 3.23. The van der Waals surface area contributed by atoms with E-state index in [-0.39, 0.29) is 5.82 Å². The predicted molar refractivity (Wildman–Crippen MR) is 84.9 cm³/mol. The van der Waals surface area contributed by atoms with Crippen molar-refractivity contribution in [3.05, 3.63) is 53.3 Å². The predicted octanol–water partition coefficient (Wildman–Crippen LogP) is 4.35. The first kappa shape index (κ1) is 12.9. The minimum Gasteiger partial charge on any atom is -0.309 e. The van der Waals surface area contributed by atoms with Crippen LogP contribution in [-0.2, 0) is 6.54 Å². The summed E-state index contributed by atoms with van der Waals surface area (Å²) >= 11 is 1.68. The van der Waals surface area contributed by atoms with E-state index in [0.717, 1.165) is 22.5 Å². The summed E-state index contributed by atoms with van der Waals surface area (Å²) in [5.74, 6) is -0.179. The normalized spacial score (nSPS) is 14.7. The lowest BCUT2D eigenvalue weighted by Crippen LogP contribution is -2.14. The Morgan fingerprint density at radius 3 is 2.76 bits per heavy atom. The van der Waals surface area contributed by atoms with Crippen molar-refractivity contribution in [2.75, 3.05) is 0 Å². The molecule has 0 bridgehead atoms. The van der Waals surface area contributed by atoms with Crippen LogP contribution in [0.15, 0.2) is 42.6 Å². The largest absolute Gasteiger partial charge is 0.309 e. The number of nitrogens with one attached hydrogen (secondary N) is 1. The van der Waals surface area contributed by atoms with Crippen LogP contribution in [0, 0.1) is 5.82 Å². The van der Waals surface area contributed by atoms with Crippen molar-refractivity contribution in [2.24, 2.45) is 0 Å². The second-order valence-corrected chi connectivity index (χ2v) is 6.54. The van der Waals surface area contributed by atoms with Crippen LogP contribution in [0.4, 0.5) is 4.39 Å². The molecule has 4 rings (SSSR count). The molecule has 0 radical (unpaired) electrons. The number of nitrogens with zero attached hydrogens (tertiary/aromatic N) is 1. The molecule has 1 aliphatic carbocycles. The standard InChI is InChI=1S/C17H15FN2S/c18-16-8-7-15(13-3-1-2-4-14(13)16)17-20-10-12(21-17)9-19-11-5-6-11/h1-4,7-8,10-11,19H,5-6,9H2. The van der Waals surface area contributed by atoms with Crippen LogP contribution in [0.1, 0.15) is 17.7 Å². The van der Waals surface area contributed by atoms with E-state index in [1.807, 2.05) is 36.5 Å². The van der Waals surface area contributed by atoms with Gasteiger partial charge in [0.25, 0.3) is 0 Å². The van der Waals surface area contributed by atoms with Gasteiger partial charge in [-0.25, -0.2) is 9.37 Å². The number of halogens is 1. The number of hydrogen-bond donors (Lipinski definition) is 1. The molecule has 4 heteroatoms. The molecule has 1 aliphatic rings. The molecule has 106 valence electrons. The molecule has 1 N–H and O–H groups in total. The maximum absolute atomic E-state index is 13.9. The molecule has 2 aromatic carbocycles. The van der Waals surface area contributed by atoms with E-state index < -0.39 is 0 Å². The zero-order valence-corrected chi connectivity index (χ0v) is 12.3.